The van der Waals surface area contributed by atoms with Crippen LogP contribution in [0, 0.1) is 10.1 Å². The van der Waals surface area contributed by atoms with Gasteiger partial charge in [-0.1, -0.05) is 54.8 Å². The molecule has 1 heterocycles. The van der Waals surface area contributed by atoms with Crippen LogP contribution in [-0.4, -0.2) is 9.49 Å². The number of benzene rings is 1. The predicted octanol–water partition coefficient (Wildman–Crippen LogP) is 4.18. The first-order valence-electron chi connectivity index (χ1n) is 6.90. The molecule has 6 heteroatoms. The molecule has 0 saturated heterocycles. The quantitative estimate of drug-likeness (QED) is 0.357. The van der Waals surface area contributed by atoms with E-state index in [4.69, 9.17) is 0 Å². The minimum atomic E-state index is -0.612. The number of allylic oxidation sites excluding steroid dienone is 4. The number of thioether (sulfide) groups is 1. The van der Waals surface area contributed by atoms with Crippen molar-refractivity contribution in [1.29, 1.82) is 0 Å². The average Bonchev–Trinajstić information content (AvgIpc) is 2.55. The van der Waals surface area contributed by atoms with E-state index in [1.807, 2.05) is 13.0 Å². The van der Waals surface area contributed by atoms with Crippen LogP contribution in [0.3, 0.4) is 0 Å². The first kappa shape index (κ1) is 16.8. The molecule has 0 atom stereocenters. The van der Waals surface area contributed by atoms with Gasteiger partial charge in [-0.3, -0.25) is 14.9 Å². The van der Waals surface area contributed by atoms with Crippen LogP contribution < -0.4 is 5.56 Å². The lowest BCUT2D eigenvalue weighted by Gasteiger charge is -2.11. The molecule has 0 N–H and O–H groups in total. The summed E-state index contributed by atoms with van der Waals surface area (Å²) in [5, 5.41) is 12.1. The Morgan fingerprint density at radius 1 is 1.39 bits per heavy atom. The molecular formula is C17H16N2O3S. The topological polar surface area (TPSA) is 65.1 Å². The molecule has 0 aliphatic carbocycles. The number of hydrogen-bond donors (Lipinski definition) is 0. The first-order chi connectivity index (χ1) is 11.0. The van der Waals surface area contributed by atoms with Gasteiger partial charge >= 0.3 is 11.2 Å². The van der Waals surface area contributed by atoms with E-state index in [2.05, 4.69) is 6.58 Å². The summed E-state index contributed by atoms with van der Waals surface area (Å²) in [7, 11) is 1.54. The summed E-state index contributed by atoms with van der Waals surface area (Å²) in [6, 6.07) is 7.17. The highest BCUT2D eigenvalue weighted by Crippen LogP contribution is 2.38. The van der Waals surface area contributed by atoms with Crippen molar-refractivity contribution in [3.63, 3.8) is 0 Å². The molecule has 0 aliphatic heterocycles. The third-order valence-corrected chi connectivity index (χ3v) is 4.54. The lowest BCUT2D eigenvalue weighted by Crippen LogP contribution is -2.21. The Balaban J connectivity index is 2.79. The second-order valence-corrected chi connectivity index (χ2v) is 5.79. The fraction of sp³-hybridized carbons (Fsp3) is 0.118. The van der Waals surface area contributed by atoms with Gasteiger partial charge in [0.2, 0.25) is 0 Å². The molecule has 0 amide bonds. The van der Waals surface area contributed by atoms with Gasteiger partial charge < -0.3 is 4.57 Å². The Bertz CT molecular complexity index is 895. The van der Waals surface area contributed by atoms with Gasteiger partial charge in [-0.05, 0) is 19.1 Å². The van der Waals surface area contributed by atoms with Gasteiger partial charge in [0.25, 0.3) is 0 Å². The third kappa shape index (κ3) is 3.27. The monoisotopic (exact) mass is 328 g/mol. The zero-order valence-electron chi connectivity index (χ0n) is 12.9. The maximum absolute atomic E-state index is 12.4. The number of nitrogens with zero attached hydrogens (tertiary/aromatic N) is 2. The maximum Gasteiger partial charge on any atom is 0.348 e. The molecule has 118 valence electrons. The van der Waals surface area contributed by atoms with Crippen LogP contribution in [0.1, 0.15) is 6.92 Å². The summed E-state index contributed by atoms with van der Waals surface area (Å²) in [5.41, 5.74) is -0.351. The highest BCUT2D eigenvalue weighted by Gasteiger charge is 2.25. The van der Waals surface area contributed by atoms with Crippen LogP contribution in [0.25, 0.3) is 10.9 Å². The van der Waals surface area contributed by atoms with Crippen molar-refractivity contribution >= 4 is 28.4 Å². The summed E-state index contributed by atoms with van der Waals surface area (Å²) < 4.78 is 1.31. The molecule has 1 aromatic heterocycles. The lowest BCUT2D eigenvalue weighted by atomic mass is 10.2. The van der Waals surface area contributed by atoms with E-state index < -0.39 is 16.2 Å². The van der Waals surface area contributed by atoms with E-state index in [1.54, 1.807) is 49.5 Å². The number of aromatic nitrogens is 1. The van der Waals surface area contributed by atoms with Gasteiger partial charge in [-0.15, -0.1) is 0 Å². The van der Waals surface area contributed by atoms with Crippen LogP contribution in [0.15, 0.2) is 69.7 Å². The van der Waals surface area contributed by atoms with Gasteiger partial charge in [0.1, 0.15) is 4.90 Å². The zero-order chi connectivity index (χ0) is 17.0. The van der Waals surface area contributed by atoms with Crippen molar-refractivity contribution in [1.82, 2.24) is 4.57 Å². The van der Waals surface area contributed by atoms with Gasteiger partial charge in [-0.25, -0.2) is 0 Å². The Morgan fingerprint density at radius 3 is 2.70 bits per heavy atom. The summed E-state index contributed by atoms with van der Waals surface area (Å²) >= 11 is 1.21. The van der Waals surface area contributed by atoms with Gasteiger partial charge in [0.15, 0.2) is 0 Å². The number of para-hydroxylation sites is 1. The number of pyridine rings is 1. The molecule has 0 spiro atoms. The molecule has 5 nitrogen and oxygen atoms in total. The highest BCUT2D eigenvalue weighted by molar-refractivity contribution is 8.03. The molecule has 0 bridgehead atoms. The van der Waals surface area contributed by atoms with Crippen LogP contribution in [0.5, 0.6) is 0 Å². The molecule has 0 fully saturated rings. The summed E-state index contributed by atoms with van der Waals surface area (Å²) in [6.07, 6.45) is 7.01. The number of hydrogen-bond acceptors (Lipinski definition) is 4. The van der Waals surface area contributed by atoms with Crippen LogP contribution in [-0.2, 0) is 7.05 Å². The fourth-order valence-electron chi connectivity index (χ4n) is 2.19. The van der Waals surface area contributed by atoms with Crippen molar-refractivity contribution < 1.29 is 4.92 Å². The molecule has 1 aromatic carbocycles. The number of fused-ring (bicyclic) bond motifs is 1. The molecule has 0 aliphatic rings. The second-order valence-electron chi connectivity index (χ2n) is 4.70. The van der Waals surface area contributed by atoms with Crippen molar-refractivity contribution in [2.75, 3.05) is 0 Å². The van der Waals surface area contributed by atoms with E-state index in [0.29, 0.717) is 15.8 Å². The lowest BCUT2D eigenvalue weighted by molar-refractivity contribution is -0.389. The van der Waals surface area contributed by atoms with Crippen LogP contribution in [0.4, 0.5) is 5.69 Å². The maximum atomic E-state index is 12.4. The average molecular weight is 328 g/mol. The Labute approximate surface area is 137 Å². The van der Waals surface area contributed by atoms with E-state index >= 15 is 0 Å². The highest BCUT2D eigenvalue weighted by atomic mass is 32.2. The Morgan fingerprint density at radius 2 is 2.09 bits per heavy atom. The summed E-state index contributed by atoms with van der Waals surface area (Å²) in [6.45, 7) is 5.45. The van der Waals surface area contributed by atoms with Crippen LogP contribution >= 0.6 is 11.8 Å². The SMILES string of the molecule is C=C/C=C/C(=C/C)Sc1c([N+](=O)[O-])c(=O)n(C)c2ccccc12. The van der Waals surface area contributed by atoms with Crippen molar-refractivity contribution in [2.24, 2.45) is 7.05 Å². The van der Waals surface area contributed by atoms with Gasteiger partial charge in [-0.2, -0.15) is 0 Å². The number of aryl methyl sites for hydroxylation is 1. The second kappa shape index (κ2) is 7.11. The van der Waals surface area contributed by atoms with Crippen LogP contribution in [0.2, 0.25) is 0 Å². The van der Waals surface area contributed by atoms with E-state index in [9.17, 15) is 14.9 Å². The summed E-state index contributed by atoms with van der Waals surface area (Å²) in [5.74, 6) is 0. The Hall–Kier alpha value is -2.60. The van der Waals surface area contributed by atoms with Gasteiger partial charge in [0.05, 0.1) is 10.4 Å². The molecule has 0 saturated carbocycles. The summed E-state index contributed by atoms with van der Waals surface area (Å²) in [4.78, 5) is 24.4. The fourth-order valence-corrected chi connectivity index (χ4v) is 3.23. The number of rotatable bonds is 5. The standard InChI is InChI=1S/C17H16N2O3S/c1-4-6-9-12(5-2)23-16-13-10-7-8-11-14(13)18(3)17(20)15(16)19(21)22/h4-11H,1H2,2-3H3/b9-6+,12-5-. The smallest absolute Gasteiger partial charge is 0.305 e. The van der Waals surface area contributed by atoms with Crippen molar-refractivity contribution in [3.8, 4) is 0 Å². The zero-order valence-corrected chi connectivity index (χ0v) is 13.7. The molecular weight excluding hydrogens is 312 g/mol. The molecule has 23 heavy (non-hydrogen) atoms. The van der Waals surface area contributed by atoms with Gasteiger partial charge in [0, 0.05) is 17.3 Å². The normalized spacial score (nSPS) is 12.0. The predicted molar refractivity (Wildman–Crippen MR) is 94.8 cm³/mol. The molecule has 0 radical (unpaired) electrons. The van der Waals surface area contributed by atoms with E-state index in [-0.39, 0.29) is 0 Å². The largest absolute Gasteiger partial charge is 0.348 e. The van der Waals surface area contributed by atoms with Crippen molar-refractivity contribution in [2.45, 2.75) is 11.8 Å². The third-order valence-electron chi connectivity index (χ3n) is 3.32. The van der Waals surface area contributed by atoms with E-state index in [0.717, 1.165) is 4.91 Å². The minimum Gasteiger partial charge on any atom is -0.305 e. The van der Waals surface area contributed by atoms with E-state index in [1.165, 1.54) is 16.3 Å². The minimum absolute atomic E-state index is 0.357. The molecule has 0 unspecified atom stereocenters. The number of nitro groups is 1. The molecule has 2 aromatic rings. The molecule has 2 rings (SSSR count). The van der Waals surface area contributed by atoms with Crippen molar-refractivity contribution in [3.05, 3.63) is 80.5 Å². The first-order valence-corrected chi connectivity index (χ1v) is 7.72. The Kier molecular flexibility index (Phi) is 5.18.